The molecule has 0 aliphatic carbocycles. The van der Waals surface area contributed by atoms with E-state index in [1.54, 1.807) is 24.3 Å². The van der Waals surface area contributed by atoms with Crippen molar-refractivity contribution in [2.45, 2.75) is 6.92 Å². The van der Waals surface area contributed by atoms with E-state index in [1.807, 2.05) is 0 Å². The summed E-state index contributed by atoms with van der Waals surface area (Å²) in [5, 5.41) is 7.42. The maximum absolute atomic E-state index is 11.3. The van der Waals surface area contributed by atoms with Crippen molar-refractivity contribution in [3.63, 3.8) is 0 Å². The average Bonchev–Trinajstić information content (AvgIpc) is 2.44. The molecule has 2 amide bonds. The monoisotopic (exact) mass is 221 g/mol. The van der Waals surface area contributed by atoms with Gasteiger partial charge in [-0.2, -0.15) is 0 Å². The molecule has 0 fully saturated rings. The molecule has 1 aromatic carbocycles. The summed E-state index contributed by atoms with van der Waals surface area (Å²) in [6.45, 7) is 1.08. The van der Waals surface area contributed by atoms with Gasteiger partial charge in [0.15, 0.2) is 0 Å². The molecular formula is C11H11NO4. The molecule has 5 heteroatoms. The Morgan fingerprint density at radius 3 is 1.75 bits per heavy atom. The van der Waals surface area contributed by atoms with Gasteiger partial charge < -0.3 is 5.11 Å². The molecule has 0 bridgehead atoms. The summed E-state index contributed by atoms with van der Waals surface area (Å²) in [4.78, 5) is 32.8. The summed E-state index contributed by atoms with van der Waals surface area (Å²) in [5.41, 5.74) is 1.01. The first-order chi connectivity index (χ1) is 7.45. The topological polar surface area (TPSA) is 74.7 Å². The molecule has 0 atom stereocenters. The number of rotatable bonds is 0. The van der Waals surface area contributed by atoms with Gasteiger partial charge in [-0.15, -0.1) is 0 Å². The number of fused-ring (bicyclic) bond motifs is 1. The number of carboxylic acid groups (broad SMARTS) is 1. The number of aliphatic carboxylic acids is 1. The quantitative estimate of drug-likeness (QED) is 0.663. The molecule has 1 aliphatic heterocycles. The first-order valence-electron chi connectivity index (χ1n) is 4.56. The van der Waals surface area contributed by atoms with E-state index in [4.69, 9.17) is 9.90 Å². The number of carboxylic acids is 1. The summed E-state index contributed by atoms with van der Waals surface area (Å²) in [6, 6.07) is 6.84. The largest absolute Gasteiger partial charge is 0.481 e. The van der Waals surface area contributed by atoms with Gasteiger partial charge in [-0.25, -0.2) is 0 Å². The van der Waals surface area contributed by atoms with Gasteiger partial charge in [-0.3, -0.25) is 19.3 Å². The lowest BCUT2D eigenvalue weighted by molar-refractivity contribution is -0.134. The molecule has 0 radical (unpaired) electrons. The summed E-state index contributed by atoms with van der Waals surface area (Å²) in [7, 11) is 1.49. The van der Waals surface area contributed by atoms with Crippen molar-refractivity contribution in [3.8, 4) is 0 Å². The molecule has 0 saturated carbocycles. The Bertz CT molecular complexity index is 414. The third-order valence-electron chi connectivity index (χ3n) is 2.00. The van der Waals surface area contributed by atoms with Gasteiger partial charge in [-0.05, 0) is 12.1 Å². The second-order valence-electron chi connectivity index (χ2n) is 3.23. The highest BCUT2D eigenvalue weighted by molar-refractivity contribution is 6.21. The number of carbonyl (C=O) groups excluding carboxylic acids is 2. The predicted octanol–water partition coefficient (Wildman–Crippen LogP) is 1.00. The van der Waals surface area contributed by atoms with Crippen LogP contribution < -0.4 is 0 Å². The SMILES string of the molecule is CC(=O)O.CN1C(=O)c2ccccc2C1=O. The van der Waals surface area contributed by atoms with Gasteiger partial charge in [-0.1, -0.05) is 12.1 Å². The second kappa shape index (κ2) is 4.57. The highest BCUT2D eigenvalue weighted by Gasteiger charge is 2.31. The fourth-order valence-corrected chi connectivity index (χ4v) is 1.31. The lowest BCUT2D eigenvalue weighted by Crippen LogP contribution is -2.24. The Morgan fingerprint density at radius 1 is 1.12 bits per heavy atom. The van der Waals surface area contributed by atoms with Crippen LogP contribution in [0.25, 0.3) is 0 Å². The maximum atomic E-state index is 11.3. The Kier molecular flexibility index (Phi) is 3.40. The van der Waals surface area contributed by atoms with E-state index >= 15 is 0 Å². The summed E-state index contributed by atoms with van der Waals surface area (Å²) >= 11 is 0. The molecule has 5 nitrogen and oxygen atoms in total. The van der Waals surface area contributed by atoms with Gasteiger partial charge in [0.1, 0.15) is 0 Å². The third kappa shape index (κ3) is 2.25. The highest BCUT2D eigenvalue weighted by atomic mass is 16.4. The Morgan fingerprint density at radius 2 is 1.44 bits per heavy atom. The van der Waals surface area contributed by atoms with Crippen molar-refractivity contribution in [1.82, 2.24) is 4.90 Å². The molecule has 1 heterocycles. The molecule has 2 rings (SSSR count). The Labute approximate surface area is 92.3 Å². The molecule has 1 aliphatic rings. The van der Waals surface area contributed by atoms with Gasteiger partial charge in [0.05, 0.1) is 11.1 Å². The smallest absolute Gasteiger partial charge is 0.300 e. The summed E-state index contributed by atoms with van der Waals surface area (Å²) < 4.78 is 0. The zero-order valence-corrected chi connectivity index (χ0v) is 8.93. The van der Waals surface area contributed by atoms with Crippen molar-refractivity contribution in [3.05, 3.63) is 35.4 Å². The van der Waals surface area contributed by atoms with E-state index in [-0.39, 0.29) is 11.8 Å². The third-order valence-corrected chi connectivity index (χ3v) is 2.00. The van der Waals surface area contributed by atoms with E-state index < -0.39 is 5.97 Å². The van der Waals surface area contributed by atoms with Crippen LogP contribution in [0.5, 0.6) is 0 Å². The lowest BCUT2D eigenvalue weighted by Gasteiger charge is -2.02. The number of imide groups is 1. The molecule has 16 heavy (non-hydrogen) atoms. The maximum Gasteiger partial charge on any atom is 0.300 e. The average molecular weight is 221 g/mol. The van der Waals surface area contributed by atoms with Crippen LogP contribution in [-0.2, 0) is 4.79 Å². The van der Waals surface area contributed by atoms with E-state index in [0.29, 0.717) is 11.1 Å². The molecule has 0 aromatic heterocycles. The number of carbonyl (C=O) groups is 3. The molecule has 1 N–H and O–H groups in total. The Balaban J connectivity index is 0.000000280. The normalized spacial score (nSPS) is 13.0. The molecule has 84 valence electrons. The lowest BCUT2D eigenvalue weighted by atomic mass is 10.1. The number of amides is 2. The number of nitrogens with zero attached hydrogens (tertiary/aromatic N) is 1. The molecule has 1 aromatic rings. The van der Waals surface area contributed by atoms with Gasteiger partial charge in [0.2, 0.25) is 0 Å². The van der Waals surface area contributed by atoms with Crippen LogP contribution in [0.15, 0.2) is 24.3 Å². The minimum atomic E-state index is -0.833. The number of benzene rings is 1. The first kappa shape index (κ1) is 11.9. The van der Waals surface area contributed by atoms with E-state index in [2.05, 4.69) is 0 Å². The van der Waals surface area contributed by atoms with Crippen LogP contribution in [0.2, 0.25) is 0 Å². The minimum Gasteiger partial charge on any atom is -0.481 e. The summed E-state index contributed by atoms with van der Waals surface area (Å²) in [6.07, 6.45) is 0. The molecule has 0 unspecified atom stereocenters. The zero-order chi connectivity index (χ0) is 12.3. The van der Waals surface area contributed by atoms with Crippen molar-refractivity contribution in [2.24, 2.45) is 0 Å². The van der Waals surface area contributed by atoms with Crippen LogP contribution in [0.1, 0.15) is 27.6 Å². The number of hydrogen-bond acceptors (Lipinski definition) is 3. The summed E-state index contributed by atoms with van der Waals surface area (Å²) in [5.74, 6) is -1.26. The zero-order valence-electron chi connectivity index (χ0n) is 8.93. The van der Waals surface area contributed by atoms with E-state index in [1.165, 1.54) is 7.05 Å². The van der Waals surface area contributed by atoms with Crippen LogP contribution >= 0.6 is 0 Å². The van der Waals surface area contributed by atoms with Crippen molar-refractivity contribution >= 4 is 17.8 Å². The van der Waals surface area contributed by atoms with Gasteiger partial charge >= 0.3 is 0 Å². The van der Waals surface area contributed by atoms with Crippen LogP contribution in [0, 0.1) is 0 Å². The molecular weight excluding hydrogens is 210 g/mol. The van der Waals surface area contributed by atoms with Crippen molar-refractivity contribution in [2.75, 3.05) is 7.05 Å². The van der Waals surface area contributed by atoms with Crippen molar-refractivity contribution < 1.29 is 19.5 Å². The highest BCUT2D eigenvalue weighted by Crippen LogP contribution is 2.20. The Hall–Kier alpha value is -2.17. The van der Waals surface area contributed by atoms with Crippen LogP contribution in [0.3, 0.4) is 0 Å². The first-order valence-corrected chi connectivity index (χ1v) is 4.56. The van der Waals surface area contributed by atoms with Gasteiger partial charge in [0, 0.05) is 14.0 Å². The van der Waals surface area contributed by atoms with E-state index in [9.17, 15) is 9.59 Å². The fourth-order valence-electron chi connectivity index (χ4n) is 1.31. The van der Waals surface area contributed by atoms with Gasteiger partial charge in [0.25, 0.3) is 17.8 Å². The second-order valence-corrected chi connectivity index (χ2v) is 3.23. The molecule has 0 spiro atoms. The fraction of sp³-hybridized carbons (Fsp3) is 0.182. The van der Waals surface area contributed by atoms with E-state index in [0.717, 1.165) is 11.8 Å². The predicted molar refractivity (Wildman–Crippen MR) is 56.2 cm³/mol. The van der Waals surface area contributed by atoms with Crippen molar-refractivity contribution in [1.29, 1.82) is 0 Å². The minimum absolute atomic E-state index is 0.212. The number of hydrogen-bond donors (Lipinski definition) is 1. The molecule has 0 saturated heterocycles. The van der Waals surface area contributed by atoms with Crippen LogP contribution in [0.4, 0.5) is 0 Å². The standard InChI is InChI=1S/C9H7NO2.C2H4O2/c1-10-8(11)6-4-2-3-5-7(6)9(10)12;1-2(3)4/h2-5H,1H3;1H3,(H,3,4). The van der Waals surface area contributed by atoms with Crippen LogP contribution in [-0.4, -0.2) is 34.8 Å².